The van der Waals surface area contributed by atoms with Crippen molar-refractivity contribution in [3.8, 4) is 0 Å². The van der Waals surface area contributed by atoms with E-state index in [9.17, 15) is 8.42 Å². The lowest BCUT2D eigenvalue weighted by Gasteiger charge is -2.06. The third-order valence-electron chi connectivity index (χ3n) is 3.22. The standard InChI is InChI=1S/C15H15N3O2S/c19-21(20,11-10-12-6-2-1-3-7-12)18-15-13-8-4-5-9-14(13)16-17-15/h1-9H,10-11H2,(H2,16,17,18). The number of H-pyrrole nitrogens is 1. The molecule has 0 radical (unpaired) electrons. The van der Waals surface area contributed by atoms with Crippen LogP contribution in [-0.4, -0.2) is 24.4 Å². The van der Waals surface area contributed by atoms with Crippen molar-refractivity contribution in [2.24, 2.45) is 0 Å². The van der Waals surface area contributed by atoms with Crippen LogP contribution in [0.3, 0.4) is 0 Å². The first-order chi connectivity index (χ1) is 10.1. The molecule has 2 N–H and O–H groups in total. The molecular formula is C15H15N3O2S. The van der Waals surface area contributed by atoms with Crippen LogP contribution in [0.25, 0.3) is 10.9 Å². The third kappa shape index (κ3) is 3.22. The molecule has 0 atom stereocenters. The molecule has 2 aromatic carbocycles. The summed E-state index contributed by atoms with van der Waals surface area (Å²) in [5, 5.41) is 7.59. The number of aromatic nitrogens is 2. The molecule has 21 heavy (non-hydrogen) atoms. The molecule has 0 saturated carbocycles. The van der Waals surface area contributed by atoms with Gasteiger partial charge in [0, 0.05) is 5.39 Å². The lowest BCUT2D eigenvalue weighted by molar-refractivity contribution is 0.600. The molecule has 0 aliphatic rings. The van der Waals surface area contributed by atoms with Crippen molar-refractivity contribution in [3.05, 3.63) is 60.2 Å². The van der Waals surface area contributed by atoms with Crippen LogP contribution in [0, 0.1) is 0 Å². The number of nitrogens with one attached hydrogen (secondary N) is 2. The van der Waals surface area contributed by atoms with Crippen LogP contribution in [0.4, 0.5) is 5.82 Å². The molecule has 3 aromatic rings. The highest BCUT2D eigenvalue weighted by Crippen LogP contribution is 2.20. The largest absolute Gasteiger partial charge is 0.276 e. The van der Waals surface area contributed by atoms with Crippen molar-refractivity contribution in [1.29, 1.82) is 0 Å². The number of hydrogen-bond acceptors (Lipinski definition) is 3. The number of benzene rings is 2. The van der Waals surface area contributed by atoms with Gasteiger partial charge in [-0.3, -0.25) is 9.82 Å². The molecule has 0 bridgehead atoms. The zero-order valence-corrected chi connectivity index (χ0v) is 12.1. The Hall–Kier alpha value is -2.34. The summed E-state index contributed by atoms with van der Waals surface area (Å²) < 4.78 is 26.8. The van der Waals surface area contributed by atoms with E-state index in [1.807, 2.05) is 54.6 Å². The first-order valence-corrected chi connectivity index (χ1v) is 8.27. The highest BCUT2D eigenvalue weighted by atomic mass is 32.2. The summed E-state index contributed by atoms with van der Waals surface area (Å²) >= 11 is 0. The van der Waals surface area contributed by atoms with Gasteiger partial charge < -0.3 is 0 Å². The van der Waals surface area contributed by atoms with Gasteiger partial charge in [-0.25, -0.2) is 8.42 Å². The Kier molecular flexibility index (Phi) is 3.62. The highest BCUT2D eigenvalue weighted by Gasteiger charge is 2.14. The van der Waals surface area contributed by atoms with E-state index in [0.717, 1.165) is 16.5 Å². The Morgan fingerprint density at radius 3 is 2.52 bits per heavy atom. The monoisotopic (exact) mass is 301 g/mol. The molecule has 0 aliphatic heterocycles. The van der Waals surface area contributed by atoms with Crippen molar-refractivity contribution in [2.45, 2.75) is 6.42 Å². The van der Waals surface area contributed by atoms with Crippen LogP contribution in [0.1, 0.15) is 5.56 Å². The van der Waals surface area contributed by atoms with Crippen molar-refractivity contribution in [3.63, 3.8) is 0 Å². The summed E-state index contributed by atoms with van der Waals surface area (Å²) in [4.78, 5) is 0. The zero-order chi connectivity index (χ0) is 14.7. The predicted molar refractivity (Wildman–Crippen MR) is 83.6 cm³/mol. The Morgan fingerprint density at radius 2 is 1.71 bits per heavy atom. The summed E-state index contributed by atoms with van der Waals surface area (Å²) in [6.45, 7) is 0. The second kappa shape index (κ2) is 5.57. The van der Waals surface area contributed by atoms with Gasteiger partial charge in [-0.05, 0) is 24.1 Å². The van der Waals surface area contributed by atoms with Gasteiger partial charge in [-0.1, -0.05) is 42.5 Å². The molecule has 1 aromatic heterocycles. The molecule has 0 spiro atoms. The van der Waals surface area contributed by atoms with Gasteiger partial charge in [0.25, 0.3) is 0 Å². The predicted octanol–water partition coefficient (Wildman–Crippen LogP) is 2.55. The second-order valence-electron chi connectivity index (χ2n) is 4.77. The van der Waals surface area contributed by atoms with Gasteiger partial charge in [0.1, 0.15) is 0 Å². The molecular weight excluding hydrogens is 286 g/mol. The Morgan fingerprint density at radius 1 is 1.00 bits per heavy atom. The Balaban J connectivity index is 1.74. The summed E-state index contributed by atoms with van der Waals surface area (Å²) in [7, 11) is -3.43. The molecule has 0 fully saturated rings. The van der Waals surface area contributed by atoms with E-state index in [4.69, 9.17) is 0 Å². The van der Waals surface area contributed by atoms with E-state index < -0.39 is 10.0 Å². The maximum atomic E-state index is 12.1. The smallest absolute Gasteiger partial charge is 0.234 e. The van der Waals surface area contributed by atoms with Gasteiger partial charge in [0.15, 0.2) is 5.82 Å². The molecule has 108 valence electrons. The fourth-order valence-corrected chi connectivity index (χ4v) is 3.19. The minimum atomic E-state index is -3.43. The quantitative estimate of drug-likeness (QED) is 0.760. The van der Waals surface area contributed by atoms with E-state index in [-0.39, 0.29) is 5.75 Å². The van der Waals surface area contributed by atoms with Gasteiger partial charge in [-0.15, -0.1) is 0 Å². The minimum Gasteiger partial charge on any atom is -0.276 e. The number of aryl methyl sites for hydroxylation is 1. The fourth-order valence-electron chi connectivity index (χ4n) is 2.14. The van der Waals surface area contributed by atoms with Crippen molar-refractivity contribution in [1.82, 2.24) is 10.2 Å². The van der Waals surface area contributed by atoms with E-state index in [1.165, 1.54) is 0 Å². The number of hydrogen-bond donors (Lipinski definition) is 2. The lowest BCUT2D eigenvalue weighted by atomic mass is 10.2. The first kappa shape index (κ1) is 13.6. The van der Waals surface area contributed by atoms with Crippen LogP contribution < -0.4 is 4.72 Å². The number of fused-ring (bicyclic) bond motifs is 1. The molecule has 0 aliphatic carbocycles. The summed E-state index contributed by atoms with van der Waals surface area (Å²) in [5.41, 5.74) is 1.80. The van der Waals surface area contributed by atoms with Gasteiger partial charge in [0.05, 0.1) is 11.3 Å². The zero-order valence-electron chi connectivity index (χ0n) is 11.3. The molecule has 5 nitrogen and oxygen atoms in total. The minimum absolute atomic E-state index is 0.0260. The van der Waals surface area contributed by atoms with Crippen LogP contribution in [-0.2, 0) is 16.4 Å². The van der Waals surface area contributed by atoms with Crippen molar-refractivity contribution in [2.75, 3.05) is 10.5 Å². The average molecular weight is 301 g/mol. The van der Waals surface area contributed by atoms with E-state index in [1.54, 1.807) is 0 Å². The van der Waals surface area contributed by atoms with Crippen LogP contribution >= 0.6 is 0 Å². The van der Waals surface area contributed by atoms with Crippen LogP contribution in [0.15, 0.2) is 54.6 Å². The molecule has 0 unspecified atom stereocenters. The maximum Gasteiger partial charge on any atom is 0.234 e. The van der Waals surface area contributed by atoms with E-state index in [0.29, 0.717) is 12.2 Å². The van der Waals surface area contributed by atoms with Crippen molar-refractivity contribution < 1.29 is 8.42 Å². The number of rotatable bonds is 5. The van der Waals surface area contributed by atoms with E-state index >= 15 is 0 Å². The molecule has 0 amide bonds. The Labute approximate surface area is 123 Å². The number of anilines is 1. The van der Waals surface area contributed by atoms with E-state index in [2.05, 4.69) is 14.9 Å². The third-order valence-corrected chi connectivity index (χ3v) is 4.47. The molecule has 6 heteroatoms. The average Bonchev–Trinajstić information content (AvgIpc) is 2.89. The number of nitrogens with zero attached hydrogens (tertiary/aromatic N) is 1. The maximum absolute atomic E-state index is 12.1. The van der Waals surface area contributed by atoms with Crippen molar-refractivity contribution >= 4 is 26.7 Å². The summed E-state index contributed by atoms with van der Waals surface area (Å²) in [6.07, 6.45) is 0.471. The number of aromatic amines is 1. The van der Waals surface area contributed by atoms with Gasteiger partial charge >= 0.3 is 0 Å². The summed E-state index contributed by atoms with van der Waals surface area (Å²) in [6, 6.07) is 16.9. The Bertz CT molecular complexity index is 841. The molecule has 3 rings (SSSR count). The SMILES string of the molecule is O=S(=O)(CCc1ccccc1)Nc1n[nH]c2ccccc12. The molecule has 1 heterocycles. The number of sulfonamides is 1. The van der Waals surface area contributed by atoms with Crippen LogP contribution in [0.2, 0.25) is 0 Å². The normalized spacial score (nSPS) is 11.6. The highest BCUT2D eigenvalue weighted by molar-refractivity contribution is 7.92. The lowest BCUT2D eigenvalue weighted by Crippen LogP contribution is -2.18. The van der Waals surface area contributed by atoms with Gasteiger partial charge in [-0.2, -0.15) is 5.10 Å². The topological polar surface area (TPSA) is 74.8 Å². The van der Waals surface area contributed by atoms with Crippen LogP contribution in [0.5, 0.6) is 0 Å². The van der Waals surface area contributed by atoms with Gasteiger partial charge in [0.2, 0.25) is 10.0 Å². The first-order valence-electron chi connectivity index (χ1n) is 6.61. The summed E-state index contributed by atoms with van der Waals surface area (Å²) in [5.74, 6) is 0.372. The molecule has 0 saturated heterocycles. The second-order valence-corrected chi connectivity index (χ2v) is 6.62. The fraction of sp³-hybridized carbons (Fsp3) is 0.133. The number of para-hydroxylation sites is 1.